The molecule has 2 amide bonds. The zero-order chi connectivity index (χ0) is 18.1. The van der Waals surface area contributed by atoms with E-state index in [1.165, 1.54) is 5.56 Å². The fourth-order valence-electron chi connectivity index (χ4n) is 2.90. The van der Waals surface area contributed by atoms with Crippen molar-refractivity contribution in [3.8, 4) is 0 Å². The van der Waals surface area contributed by atoms with E-state index in [2.05, 4.69) is 5.32 Å². The maximum absolute atomic E-state index is 12.5. The SMILES string of the molecule is Cc1ccc(N2C[C@H](C(=O)Nc3cc(Cl)cc(Cl)c3)CC2=O)cc1C. The normalized spacial score (nSPS) is 17.0. The Labute approximate surface area is 156 Å². The lowest BCUT2D eigenvalue weighted by atomic mass is 10.1. The first-order chi connectivity index (χ1) is 11.8. The zero-order valence-electron chi connectivity index (χ0n) is 14.0. The van der Waals surface area contributed by atoms with E-state index in [1.54, 1.807) is 23.1 Å². The molecule has 2 aromatic carbocycles. The number of rotatable bonds is 3. The van der Waals surface area contributed by atoms with Crippen molar-refractivity contribution < 1.29 is 9.59 Å². The van der Waals surface area contributed by atoms with E-state index < -0.39 is 5.92 Å². The number of carbonyl (C=O) groups excluding carboxylic acids is 2. The van der Waals surface area contributed by atoms with Gasteiger partial charge in [-0.3, -0.25) is 9.59 Å². The first-order valence-electron chi connectivity index (χ1n) is 7.98. The fraction of sp³-hybridized carbons (Fsp3) is 0.263. The van der Waals surface area contributed by atoms with Gasteiger partial charge in [0.15, 0.2) is 0 Å². The summed E-state index contributed by atoms with van der Waals surface area (Å²) in [6, 6.07) is 10.7. The summed E-state index contributed by atoms with van der Waals surface area (Å²) in [5.74, 6) is -0.669. The molecule has 1 aliphatic heterocycles. The van der Waals surface area contributed by atoms with Crippen LogP contribution in [0.3, 0.4) is 0 Å². The highest BCUT2D eigenvalue weighted by Crippen LogP contribution is 2.28. The Morgan fingerprint density at radius 2 is 1.76 bits per heavy atom. The molecule has 0 aliphatic carbocycles. The molecule has 4 nitrogen and oxygen atoms in total. The van der Waals surface area contributed by atoms with Crippen LogP contribution in [0.4, 0.5) is 11.4 Å². The molecule has 6 heteroatoms. The number of aryl methyl sites for hydroxylation is 2. The fourth-order valence-corrected chi connectivity index (χ4v) is 3.42. The van der Waals surface area contributed by atoms with Gasteiger partial charge in [0.1, 0.15) is 0 Å². The highest BCUT2D eigenvalue weighted by atomic mass is 35.5. The van der Waals surface area contributed by atoms with Gasteiger partial charge in [0, 0.05) is 34.4 Å². The first kappa shape index (κ1) is 17.8. The predicted octanol–water partition coefficient (Wildman–Crippen LogP) is 4.60. The molecular weight excluding hydrogens is 359 g/mol. The van der Waals surface area contributed by atoms with E-state index in [-0.39, 0.29) is 18.2 Å². The van der Waals surface area contributed by atoms with E-state index in [9.17, 15) is 9.59 Å². The average molecular weight is 377 g/mol. The number of hydrogen-bond donors (Lipinski definition) is 1. The van der Waals surface area contributed by atoms with Crippen LogP contribution in [0, 0.1) is 19.8 Å². The van der Waals surface area contributed by atoms with Crippen LogP contribution in [0.5, 0.6) is 0 Å². The summed E-state index contributed by atoms with van der Waals surface area (Å²) in [5.41, 5.74) is 3.64. The van der Waals surface area contributed by atoms with Crippen molar-refractivity contribution in [2.24, 2.45) is 5.92 Å². The van der Waals surface area contributed by atoms with Gasteiger partial charge in [0.25, 0.3) is 0 Å². The number of amides is 2. The van der Waals surface area contributed by atoms with Gasteiger partial charge in [-0.1, -0.05) is 29.3 Å². The van der Waals surface area contributed by atoms with Crippen LogP contribution in [-0.4, -0.2) is 18.4 Å². The summed E-state index contributed by atoms with van der Waals surface area (Å²) in [6.45, 7) is 4.39. The minimum atomic E-state index is -0.410. The molecule has 25 heavy (non-hydrogen) atoms. The summed E-state index contributed by atoms with van der Waals surface area (Å²) in [7, 11) is 0. The van der Waals surface area contributed by atoms with E-state index in [0.717, 1.165) is 11.3 Å². The molecule has 0 unspecified atom stereocenters. The Hall–Kier alpha value is -2.04. The van der Waals surface area contributed by atoms with Crippen molar-refractivity contribution in [1.82, 2.24) is 0 Å². The summed E-state index contributed by atoms with van der Waals surface area (Å²) in [5, 5.41) is 3.68. The number of carbonyl (C=O) groups is 2. The van der Waals surface area contributed by atoms with Gasteiger partial charge in [0.2, 0.25) is 11.8 Å². The number of nitrogens with one attached hydrogen (secondary N) is 1. The third kappa shape index (κ3) is 3.97. The van der Waals surface area contributed by atoms with Gasteiger partial charge in [-0.2, -0.15) is 0 Å². The molecule has 0 aromatic heterocycles. The Morgan fingerprint density at radius 3 is 2.40 bits per heavy atom. The molecule has 0 spiro atoms. The van der Waals surface area contributed by atoms with Crippen molar-refractivity contribution in [2.75, 3.05) is 16.8 Å². The Bertz CT molecular complexity index is 831. The van der Waals surface area contributed by atoms with Gasteiger partial charge in [-0.25, -0.2) is 0 Å². The second kappa shape index (κ2) is 7.06. The molecule has 0 bridgehead atoms. The van der Waals surface area contributed by atoms with Crippen LogP contribution in [0.2, 0.25) is 10.0 Å². The van der Waals surface area contributed by atoms with Crippen LogP contribution in [0.1, 0.15) is 17.5 Å². The number of nitrogens with zero attached hydrogens (tertiary/aromatic N) is 1. The monoisotopic (exact) mass is 376 g/mol. The van der Waals surface area contributed by atoms with Crippen LogP contribution in [0.25, 0.3) is 0 Å². The smallest absolute Gasteiger partial charge is 0.229 e. The lowest BCUT2D eigenvalue weighted by molar-refractivity contribution is -0.122. The van der Waals surface area contributed by atoms with Crippen LogP contribution in [-0.2, 0) is 9.59 Å². The topological polar surface area (TPSA) is 49.4 Å². The Morgan fingerprint density at radius 1 is 1.08 bits per heavy atom. The van der Waals surface area contributed by atoms with Crippen molar-refractivity contribution in [3.63, 3.8) is 0 Å². The maximum atomic E-state index is 12.5. The highest BCUT2D eigenvalue weighted by molar-refractivity contribution is 6.35. The molecule has 1 atom stereocenters. The molecule has 0 saturated carbocycles. The van der Waals surface area contributed by atoms with Crippen LogP contribution >= 0.6 is 23.2 Å². The lowest BCUT2D eigenvalue weighted by Gasteiger charge is -2.18. The minimum Gasteiger partial charge on any atom is -0.326 e. The van der Waals surface area contributed by atoms with Gasteiger partial charge in [-0.05, 0) is 55.3 Å². The molecule has 0 radical (unpaired) electrons. The quantitative estimate of drug-likeness (QED) is 0.850. The van der Waals surface area contributed by atoms with Crippen molar-refractivity contribution in [1.29, 1.82) is 0 Å². The van der Waals surface area contributed by atoms with Crippen LogP contribution < -0.4 is 10.2 Å². The van der Waals surface area contributed by atoms with E-state index >= 15 is 0 Å². The van der Waals surface area contributed by atoms with Crippen molar-refractivity contribution in [2.45, 2.75) is 20.3 Å². The Kier molecular flexibility index (Phi) is 5.02. The first-order valence-corrected chi connectivity index (χ1v) is 8.73. The summed E-state index contributed by atoms with van der Waals surface area (Å²) < 4.78 is 0. The van der Waals surface area contributed by atoms with Crippen molar-refractivity contribution in [3.05, 3.63) is 57.6 Å². The average Bonchev–Trinajstić information content (AvgIpc) is 2.91. The zero-order valence-corrected chi connectivity index (χ0v) is 15.5. The largest absolute Gasteiger partial charge is 0.326 e. The van der Waals surface area contributed by atoms with E-state index in [0.29, 0.717) is 22.3 Å². The Balaban J connectivity index is 1.73. The summed E-state index contributed by atoms with van der Waals surface area (Å²) in [4.78, 5) is 26.5. The summed E-state index contributed by atoms with van der Waals surface area (Å²) >= 11 is 11.9. The van der Waals surface area contributed by atoms with Gasteiger partial charge >= 0.3 is 0 Å². The second-order valence-electron chi connectivity index (χ2n) is 6.32. The minimum absolute atomic E-state index is 0.0486. The molecule has 1 heterocycles. The highest BCUT2D eigenvalue weighted by Gasteiger charge is 2.35. The molecule has 1 saturated heterocycles. The molecule has 1 aliphatic rings. The lowest BCUT2D eigenvalue weighted by Crippen LogP contribution is -2.28. The third-order valence-corrected chi connectivity index (χ3v) is 4.86. The molecule has 130 valence electrons. The van der Waals surface area contributed by atoms with E-state index in [1.807, 2.05) is 32.0 Å². The van der Waals surface area contributed by atoms with Gasteiger partial charge in [-0.15, -0.1) is 0 Å². The van der Waals surface area contributed by atoms with Crippen molar-refractivity contribution >= 4 is 46.4 Å². The maximum Gasteiger partial charge on any atom is 0.229 e. The second-order valence-corrected chi connectivity index (χ2v) is 7.19. The van der Waals surface area contributed by atoms with Gasteiger partial charge < -0.3 is 10.2 Å². The number of benzene rings is 2. The number of anilines is 2. The molecule has 1 N–H and O–H groups in total. The third-order valence-electron chi connectivity index (χ3n) is 4.43. The standard InChI is InChI=1S/C19H18Cl2N2O2/c1-11-3-4-17(5-12(11)2)23-10-13(6-18(23)24)19(25)22-16-8-14(20)7-15(21)9-16/h3-5,7-9,13H,6,10H2,1-2H3,(H,22,25)/t13-/m1/s1. The molecular formula is C19H18Cl2N2O2. The number of halogens is 2. The van der Waals surface area contributed by atoms with Gasteiger partial charge in [0.05, 0.1) is 5.92 Å². The molecule has 1 fully saturated rings. The van der Waals surface area contributed by atoms with E-state index in [4.69, 9.17) is 23.2 Å². The number of hydrogen-bond acceptors (Lipinski definition) is 2. The predicted molar refractivity (Wildman–Crippen MR) is 101 cm³/mol. The molecule has 2 aromatic rings. The molecule has 3 rings (SSSR count). The summed E-state index contributed by atoms with van der Waals surface area (Å²) in [6.07, 6.45) is 0.188. The van der Waals surface area contributed by atoms with Crippen LogP contribution in [0.15, 0.2) is 36.4 Å².